The maximum Gasteiger partial charge on any atom is 0.338 e. The second kappa shape index (κ2) is 4.45. The minimum absolute atomic E-state index is 0.349. The molecule has 0 aliphatic heterocycles. The summed E-state index contributed by atoms with van der Waals surface area (Å²) in [4.78, 5) is 11.7. The predicted octanol–water partition coefficient (Wildman–Crippen LogP) is 1.76. The number of rotatable bonds is 3. The zero-order valence-electron chi connectivity index (χ0n) is 10.1. The Hall–Kier alpha value is -2.04. The quantitative estimate of drug-likeness (QED) is 0.759. The molecule has 0 spiro atoms. The maximum atomic E-state index is 11.7. The van der Waals surface area contributed by atoms with E-state index in [1.165, 1.54) is 0 Å². The van der Waals surface area contributed by atoms with E-state index < -0.39 is 0 Å². The first kappa shape index (κ1) is 11.4. The fourth-order valence-corrected chi connectivity index (χ4v) is 1.71. The van der Waals surface area contributed by atoms with Crippen LogP contribution in [0.3, 0.4) is 0 Å². The van der Waals surface area contributed by atoms with E-state index in [4.69, 9.17) is 9.47 Å². The Morgan fingerprint density at radius 1 is 1.47 bits per heavy atom. The molecule has 0 saturated carbocycles. The fraction of sp³-hybridized carbons (Fsp3) is 0.333. The van der Waals surface area contributed by atoms with Crippen molar-refractivity contribution >= 4 is 16.9 Å². The van der Waals surface area contributed by atoms with Crippen LogP contribution in [0.2, 0.25) is 0 Å². The highest BCUT2D eigenvalue weighted by molar-refractivity contribution is 5.96. The lowest BCUT2D eigenvalue weighted by Gasteiger charge is -2.05. The largest absolute Gasteiger partial charge is 0.496 e. The topological polar surface area (TPSA) is 53.4 Å². The summed E-state index contributed by atoms with van der Waals surface area (Å²) < 4.78 is 11.9. The van der Waals surface area contributed by atoms with Gasteiger partial charge in [0.15, 0.2) is 0 Å². The van der Waals surface area contributed by atoms with Crippen molar-refractivity contribution < 1.29 is 14.3 Å². The summed E-state index contributed by atoms with van der Waals surface area (Å²) in [5.41, 5.74) is 1.17. The van der Waals surface area contributed by atoms with Crippen LogP contribution in [0.25, 0.3) is 10.9 Å². The van der Waals surface area contributed by atoms with Crippen molar-refractivity contribution in [3.05, 3.63) is 23.9 Å². The standard InChI is InChI=1S/C12H14N2O3/c1-4-17-12(15)8-5-10-9(7-14(2)13-10)11(6-8)16-3/h5-7H,4H2,1-3H3. The van der Waals surface area contributed by atoms with E-state index in [0.717, 1.165) is 10.9 Å². The van der Waals surface area contributed by atoms with Crippen LogP contribution in [0.4, 0.5) is 0 Å². The van der Waals surface area contributed by atoms with Crippen LogP contribution in [-0.2, 0) is 11.8 Å². The average molecular weight is 234 g/mol. The fourth-order valence-electron chi connectivity index (χ4n) is 1.71. The molecule has 2 rings (SSSR count). The number of hydrogen-bond donors (Lipinski definition) is 0. The first-order valence-electron chi connectivity index (χ1n) is 5.34. The zero-order valence-corrected chi connectivity index (χ0v) is 10.1. The van der Waals surface area contributed by atoms with E-state index in [1.807, 2.05) is 13.2 Å². The van der Waals surface area contributed by atoms with Gasteiger partial charge in [0, 0.05) is 13.2 Å². The summed E-state index contributed by atoms with van der Waals surface area (Å²) in [7, 11) is 3.39. The first-order chi connectivity index (χ1) is 8.15. The Morgan fingerprint density at radius 3 is 2.88 bits per heavy atom. The molecule has 0 unspecified atom stereocenters. The zero-order chi connectivity index (χ0) is 12.4. The van der Waals surface area contributed by atoms with Gasteiger partial charge in [-0.1, -0.05) is 0 Å². The molecule has 0 radical (unpaired) electrons. The second-order valence-corrected chi connectivity index (χ2v) is 3.63. The third-order valence-corrected chi connectivity index (χ3v) is 2.43. The third kappa shape index (κ3) is 2.08. The number of ether oxygens (including phenoxy) is 2. The summed E-state index contributed by atoms with van der Waals surface area (Å²) in [5, 5.41) is 5.13. The van der Waals surface area contributed by atoms with Crippen LogP contribution in [0.15, 0.2) is 18.3 Å². The van der Waals surface area contributed by atoms with Gasteiger partial charge >= 0.3 is 5.97 Å². The molecule has 0 aliphatic rings. The van der Waals surface area contributed by atoms with Gasteiger partial charge in [0.2, 0.25) is 0 Å². The van der Waals surface area contributed by atoms with E-state index in [2.05, 4.69) is 5.10 Å². The minimum Gasteiger partial charge on any atom is -0.496 e. The Kier molecular flexibility index (Phi) is 2.99. The van der Waals surface area contributed by atoms with Gasteiger partial charge in [0.1, 0.15) is 5.75 Å². The molecule has 0 amide bonds. The molecule has 5 nitrogen and oxygen atoms in total. The van der Waals surface area contributed by atoms with Gasteiger partial charge in [-0.25, -0.2) is 4.79 Å². The van der Waals surface area contributed by atoms with Gasteiger partial charge in [-0.15, -0.1) is 0 Å². The molecule has 0 saturated heterocycles. The molecule has 90 valence electrons. The van der Waals surface area contributed by atoms with Crippen molar-refractivity contribution in [3.63, 3.8) is 0 Å². The average Bonchev–Trinajstić information content (AvgIpc) is 2.68. The van der Waals surface area contributed by atoms with Crippen molar-refractivity contribution in [1.29, 1.82) is 0 Å². The van der Waals surface area contributed by atoms with Crippen molar-refractivity contribution in [3.8, 4) is 5.75 Å². The predicted molar refractivity (Wildman–Crippen MR) is 63.2 cm³/mol. The molecule has 1 heterocycles. The normalized spacial score (nSPS) is 10.5. The van der Waals surface area contributed by atoms with E-state index in [0.29, 0.717) is 17.9 Å². The molecule has 0 aliphatic carbocycles. The van der Waals surface area contributed by atoms with Gasteiger partial charge in [0.25, 0.3) is 0 Å². The number of nitrogens with zero attached hydrogens (tertiary/aromatic N) is 2. The molecule has 0 atom stereocenters. The van der Waals surface area contributed by atoms with E-state index >= 15 is 0 Å². The van der Waals surface area contributed by atoms with E-state index in [-0.39, 0.29) is 5.97 Å². The molecule has 17 heavy (non-hydrogen) atoms. The number of aromatic nitrogens is 2. The van der Waals surface area contributed by atoms with Gasteiger partial charge in [-0.2, -0.15) is 5.10 Å². The summed E-state index contributed by atoms with van der Waals surface area (Å²) in [6.45, 7) is 2.12. The minimum atomic E-state index is -0.363. The van der Waals surface area contributed by atoms with Crippen molar-refractivity contribution in [2.45, 2.75) is 6.92 Å². The number of hydrogen-bond acceptors (Lipinski definition) is 4. The lowest BCUT2D eigenvalue weighted by atomic mass is 10.1. The summed E-state index contributed by atoms with van der Waals surface area (Å²) in [5.74, 6) is 0.261. The van der Waals surface area contributed by atoms with Crippen molar-refractivity contribution in [2.24, 2.45) is 7.05 Å². The van der Waals surface area contributed by atoms with Crippen LogP contribution >= 0.6 is 0 Å². The molecular weight excluding hydrogens is 220 g/mol. The molecular formula is C12H14N2O3. The molecule has 2 aromatic rings. The monoisotopic (exact) mass is 234 g/mol. The molecule has 0 bridgehead atoms. The number of fused-ring (bicyclic) bond motifs is 1. The number of benzene rings is 1. The SMILES string of the molecule is CCOC(=O)c1cc(OC)c2cn(C)nc2c1. The second-order valence-electron chi connectivity index (χ2n) is 3.63. The molecule has 1 aromatic carbocycles. The Bertz CT molecular complexity index is 560. The Labute approximate surface area is 98.9 Å². The van der Waals surface area contributed by atoms with E-state index in [9.17, 15) is 4.79 Å². The lowest BCUT2D eigenvalue weighted by molar-refractivity contribution is 0.0526. The Balaban J connectivity index is 2.55. The van der Waals surface area contributed by atoms with Crippen molar-refractivity contribution in [2.75, 3.05) is 13.7 Å². The highest BCUT2D eigenvalue weighted by Gasteiger charge is 2.13. The van der Waals surface area contributed by atoms with Crippen molar-refractivity contribution in [1.82, 2.24) is 9.78 Å². The summed E-state index contributed by atoms with van der Waals surface area (Å²) in [6, 6.07) is 3.37. The smallest absolute Gasteiger partial charge is 0.338 e. The van der Waals surface area contributed by atoms with Gasteiger partial charge in [-0.3, -0.25) is 4.68 Å². The highest BCUT2D eigenvalue weighted by Crippen LogP contribution is 2.26. The molecule has 5 heteroatoms. The van der Waals surface area contributed by atoms with Gasteiger partial charge in [0.05, 0.1) is 30.2 Å². The Morgan fingerprint density at radius 2 is 2.24 bits per heavy atom. The summed E-state index contributed by atoms with van der Waals surface area (Å²) in [6.07, 6.45) is 1.85. The molecule has 0 fully saturated rings. The van der Waals surface area contributed by atoms with Crippen LogP contribution < -0.4 is 4.74 Å². The summed E-state index contributed by atoms with van der Waals surface area (Å²) >= 11 is 0. The van der Waals surface area contributed by atoms with Gasteiger partial charge < -0.3 is 9.47 Å². The first-order valence-corrected chi connectivity index (χ1v) is 5.34. The van der Waals surface area contributed by atoms with Crippen LogP contribution in [0, 0.1) is 0 Å². The van der Waals surface area contributed by atoms with E-state index in [1.54, 1.807) is 30.8 Å². The van der Waals surface area contributed by atoms with Crippen LogP contribution in [0.1, 0.15) is 17.3 Å². The van der Waals surface area contributed by atoms with Crippen LogP contribution in [0.5, 0.6) is 5.75 Å². The van der Waals surface area contributed by atoms with Crippen LogP contribution in [-0.4, -0.2) is 29.5 Å². The number of carbonyl (C=O) groups excluding carboxylic acids is 1. The third-order valence-electron chi connectivity index (χ3n) is 2.43. The van der Waals surface area contributed by atoms with Gasteiger partial charge in [-0.05, 0) is 19.1 Å². The number of carbonyl (C=O) groups is 1. The molecule has 0 N–H and O–H groups in total. The highest BCUT2D eigenvalue weighted by atomic mass is 16.5. The maximum absolute atomic E-state index is 11.7. The number of aryl methyl sites for hydroxylation is 1. The lowest BCUT2D eigenvalue weighted by Crippen LogP contribution is -2.04. The molecule has 1 aromatic heterocycles. The number of methoxy groups -OCH3 is 1. The number of esters is 1.